The van der Waals surface area contributed by atoms with E-state index in [0.29, 0.717) is 30.5 Å². The summed E-state index contributed by atoms with van der Waals surface area (Å²) in [7, 11) is 0. The van der Waals surface area contributed by atoms with Crippen LogP contribution in [-0.2, 0) is 29.9 Å². The number of fused-ring (bicyclic) bond motifs is 1. The molecule has 0 radical (unpaired) electrons. The molecule has 1 amide bonds. The van der Waals surface area contributed by atoms with Gasteiger partial charge < -0.3 is 19.7 Å². The lowest BCUT2D eigenvalue weighted by atomic mass is 9.99. The van der Waals surface area contributed by atoms with Crippen LogP contribution in [0.15, 0.2) is 12.3 Å². The summed E-state index contributed by atoms with van der Waals surface area (Å²) < 4.78 is 7.29. The Morgan fingerprint density at radius 2 is 2.25 bits per heavy atom. The molecule has 28 heavy (non-hydrogen) atoms. The second-order valence-corrected chi connectivity index (χ2v) is 8.46. The average Bonchev–Trinajstić information content (AvgIpc) is 3.48. The monoisotopic (exact) mass is 385 g/mol. The minimum atomic E-state index is -0.799. The molecule has 2 aliphatic heterocycles. The van der Waals surface area contributed by atoms with Gasteiger partial charge in [0.1, 0.15) is 17.0 Å². The highest BCUT2D eigenvalue weighted by molar-refractivity contribution is 5.93. The fraction of sp³-hybridized carbons (Fsp3) is 0.650. The summed E-state index contributed by atoms with van der Waals surface area (Å²) in [5.74, 6) is 0.418. The molecule has 1 saturated carbocycles. The lowest BCUT2D eigenvalue weighted by Crippen LogP contribution is -2.29. The summed E-state index contributed by atoms with van der Waals surface area (Å²) in [4.78, 5) is 18.1. The molecule has 2 aromatic heterocycles. The van der Waals surface area contributed by atoms with E-state index in [1.54, 1.807) is 0 Å². The van der Waals surface area contributed by atoms with E-state index in [2.05, 4.69) is 15.3 Å². The fourth-order valence-corrected chi connectivity index (χ4v) is 4.78. The molecule has 2 aromatic rings. The number of hydrogen-bond donors (Lipinski definition) is 2. The van der Waals surface area contributed by atoms with E-state index in [1.165, 1.54) is 0 Å². The summed E-state index contributed by atoms with van der Waals surface area (Å²) in [5, 5.41) is 19.1. The number of rotatable bonds is 4. The van der Waals surface area contributed by atoms with E-state index in [4.69, 9.17) is 4.74 Å². The van der Waals surface area contributed by atoms with Crippen LogP contribution in [-0.4, -0.2) is 55.6 Å². The highest BCUT2D eigenvalue weighted by Crippen LogP contribution is 2.37. The highest BCUT2D eigenvalue weighted by Gasteiger charge is 2.36. The van der Waals surface area contributed by atoms with Crippen LogP contribution in [0.25, 0.3) is 0 Å². The van der Waals surface area contributed by atoms with E-state index < -0.39 is 5.60 Å². The number of nitrogens with zero attached hydrogens (tertiary/aromatic N) is 4. The predicted octanol–water partition coefficient (Wildman–Crippen LogP) is 1.60. The van der Waals surface area contributed by atoms with Gasteiger partial charge >= 0.3 is 0 Å². The number of aromatic nitrogens is 4. The maximum atomic E-state index is 12.9. The summed E-state index contributed by atoms with van der Waals surface area (Å²) in [6.45, 7) is 3.50. The molecule has 1 atom stereocenters. The van der Waals surface area contributed by atoms with Crippen LogP contribution in [0.5, 0.6) is 0 Å². The number of aliphatic hydroxyl groups is 1. The maximum absolute atomic E-state index is 12.9. The third kappa shape index (κ3) is 3.24. The number of amides is 1. The second-order valence-electron chi connectivity index (χ2n) is 8.46. The van der Waals surface area contributed by atoms with Gasteiger partial charge in [0.25, 0.3) is 5.91 Å². The first-order valence-corrected chi connectivity index (χ1v) is 10.3. The number of nitrogens with one attached hydrogen (secondary N) is 1. The quantitative estimate of drug-likeness (QED) is 0.833. The standard InChI is InChI=1S/C20H27N5O3/c26-19(17-9-15-13-28-8-4-16(15)21-17)24-7-3-14(10-24)11-25-12-18(22-23-25)20(27)5-1-2-6-20/h9,12,14,21,27H,1-8,10-11,13H2. The first kappa shape index (κ1) is 17.9. The molecule has 1 aliphatic carbocycles. The maximum Gasteiger partial charge on any atom is 0.270 e. The average molecular weight is 385 g/mol. The van der Waals surface area contributed by atoms with Crippen molar-refractivity contribution in [3.05, 3.63) is 34.9 Å². The Balaban J connectivity index is 1.21. The first-order valence-electron chi connectivity index (χ1n) is 10.3. The number of hydrogen-bond acceptors (Lipinski definition) is 5. The molecule has 0 aromatic carbocycles. The summed E-state index contributed by atoms with van der Waals surface area (Å²) in [5.41, 5.74) is 2.79. The van der Waals surface area contributed by atoms with Crippen molar-refractivity contribution in [1.82, 2.24) is 24.9 Å². The molecule has 0 bridgehead atoms. The van der Waals surface area contributed by atoms with Crippen molar-refractivity contribution in [2.75, 3.05) is 19.7 Å². The van der Waals surface area contributed by atoms with Gasteiger partial charge in [-0.25, -0.2) is 0 Å². The minimum absolute atomic E-state index is 0.0662. The molecule has 2 fully saturated rings. The smallest absolute Gasteiger partial charge is 0.270 e. The molecule has 8 heteroatoms. The number of carbonyl (C=O) groups is 1. The predicted molar refractivity (Wildman–Crippen MR) is 101 cm³/mol. The Bertz CT molecular complexity index is 844. The number of carbonyl (C=O) groups excluding carboxylic acids is 1. The van der Waals surface area contributed by atoms with Crippen LogP contribution in [0.1, 0.15) is 59.5 Å². The van der Waals surface area contributed by atoms with Gasteiger partial charge in [0.15, 0.2) is 0 Å². The molecule has 2 N–H and O–H groups in total. The molecule has 1 unspecified atom stereocenters. The SMILES string of the molecule is O=C(c1cc2c([nH]1)CCOC2)N1CCC(Cn2cc(C3(O)CCCC3)nn2)C1. The van der Waals surface area contributed by atoms with E-state index in [0.717, 1.165) is 69.4 Å². The Hall–Kier alpha value is -2.19. The minimum Gasteiger partial charge on any atom is -0.383 e. The van der Waals surface area contributed by atoms with Crippen LogP contribution in [0, 0.1) is 5.92 Å². The molecule has 8 nitrogen and oxygen atoms in total. The Morgan fingerprint density at radius 3 is 3.07 bits per heavy atom. The molecular weight excluding hydrogens is 358 g/mol. The topological polar surface area (TPSA) is 96.3 Å². The molecule has 150 valence electrons. The third-order valence-electron chi connectivity index (χ3n) is 6.44. The van der Waals surface area contributed by atoms with Gasteiger partial charge in [-0.3, -0.25) is 9.48 Å². The summed E-state index contributed by atoms with van der Waals surface area (Å²) in [6.07, 6.45) is 7.29. The first-order chi connectivity index (χ1) is 13.6. The zero-order valence-corrected chi connectivity index (χ0v) is 16.1. The van der Waals surface area contributed by atoms with Gasteiger partial charge in [0.2, 0.25) is 0 Å². The highest BCUT2D eigenvalue weighted by atomic mass is 16.5. The molecule has 4 heterocycles. The van der Waals surface area contributed by atoms with E-state index in [1.807, 2.05) is 21.8 Å². The molecule has 3 aliphatic rings. The van der Waals surface area contributed by atoms with Crippen molar-refractivity contribution in [2.45, 2.75) is 57.3 Å². The van der Waals surface area contributed by atoms with Crippen molar-refractivity contribution in [2.24, 2.45) is 5.92 Å². The van der Waals surface area contributed by atoms with Crippen molar-refractivity contribution < 1.29 is 14.6 Å². The van der Waals surface area contributed by atoms with Crippen LogP contribution >= 0.6 is 0 Å². The van der Waals surface area contributed by atoms with Gasteiger partial charge in [-0.2, -0.15) is 0 Å². The lowest BCUT2D eigenvalue weighted by Gasteiger charge is -2.18. The molecular formula is C20H27N5O3. The van der Waals surface area contributed by atoms with Crippen LogP contribution in [0.3, 0.4) is 0 Å². The molecule has 5 rings (SSSR count). The third-order valence-corrected chi connectivity index (χ3v) is 6.44. The zero-order chi connectivity index (χ0) is 19.1. The van der Waals surface area contributed by atoms with Crippen molar-refractivity contribution in [3.8, 4) is 0 Å². The van der Waals surface area contributed by atoms with E-state index >= 15 is 0 Å². The Kier molecular flexibility index (Phi) is 4.47. The molecule has 1 saturated heterocycles. The zero-order valence-electron chi connectivity index (χ0n) is 16.1. The number of H-pyrrole nitrogens is 1. The second kappa shape index (κ2) is 7.00. The van der Waals surface area contributed by atoms with Crippen molar-refractivity contribution in [1.29, 1.82) is 0 Å². The number of likely N-dealkylation sites (tertiary alicyclic amines) is 1. The van der Waals surface area contributed by atoms with Crippen molar-refractivity contribution in [3.63, 3.8) is 0 Å². The van der Waals surface area contributed by atoms with E-state index in [9.17, 15) is 9.90 Å². The van der Waals surface area contributed by atoms with Crippen molar-refractivity contribution >= 4 is 5.91 Å². The molecule has 0 spiro atoms. The van der Waals surface area contributed by atoms with Crippen LogP contribution < -0.4 is 0 Å². The Morgan fingerprint density at radius 1 is 1.39 bits per heavy atom. The normalized spacial score (nSPS) is 23.9. The van der Waals surface area contributed by atoms with E-state index in [-0.39, 0.29) is 5.91 Å². The fourth-order valence-electron chi connectivity index (χ4n) is 4.78. The summed E-state index contributed by atoms with van der Waals surface area (Å²) >= 11 is 0. The number of ether oxygens (including phenoxy) is 1. The number of aromatic amines is 1. The lowest BCUT2D eigenvalue weighted by molar-refractivity contribution is 0.0398. The van der Waals surface area contributed by atoms with Crippen LogP contribution in [0.4, 0.5) is 0 Å². The van der Waals surface area contributed by atoms with Gasteiger partial charge in [-0.1, -0.05) is 18.1 Å². The Labute approximate surface area is 163 Å². The van der Waals surface area contributed by atoms with Gasteiger partial charge in [-0.05, 0) is 36.8 Å². The summed E-state index contributed by atoms with van der Waals surface area (Å²) in [6, 6.07) is 1.94. The van der Waals surface area contributed by atoms with Gasteiger partial charge in [-0.15, -0.1) is 5.10 Å². The largest absolute Gasteiger partial charge is 0.383 e. The van der Waals surface area contributed by atoms with Crippen LogP contribution in [0.2, 0.25) is 0 Å². The van der Waals surface area contributed by atoms with Gasteiger partial charge in [0.05, 0.1) is 19.4 Å². The van der Waals surface area contributed by atoms with Gasteiger partial charge in [0, 0.05) is 31.7 Å².